The first kappa shape index (κ1) is 28.5. The van der Waals surface area contributed by atoms with Gasteiger partial charge in [-0.3, -0.25) is 19.6 Å². The van der Waals surface area contributed by atoms with E-state index in [9.17, 15) is 19.5 Å². The molecule has 36 heavy (non-hydrogen) atoms. The van der Waals surface area contributed by atoms with Gasteiger partial charge in [0.2, 0.25) is 5.91 Å². The molecule has 0 radical (unpaired) electrons. The molecule has 0 saturated heterocycles. The van der Waals surface area contributed by atoms with Crippen LogP contribution in [0.5, 0.6) is 0 Å². The maximum atomic E-state index is 12.3. The van der Waals surface area contributed by atoms with Crippen LogP contribution < -0.4 is 21.4 Å². The highest BCUT2D eigenvalue weighted by Crippen LogP contribution is 2.10. The zero-order valence-corrected chi connectivity index (χ0v) is 20.6. The molecule has 3 amide bonds. The quantitative estimate of drug-likeness (QED) is 0.116. The SMILES string of the molecule is CCCCCCNCC(=O)Nc1ccc(C#Cc2ccc(C(=O)NC(C(=O)NO)C(C)O)cc2)cc1. The van der Waals surface area contributed by atoms with Crippen LogP contribution in [-0.2, 0) is 9.59 Å². The van der Waals surface area contributed by atoms with Crippen LogP contribution >= 0.6 is 0 Å². The van der Waals surface area contributed by atoms with Gasteiger partial charge in [-0.1, -0.05) is 38.0 Å². The van der Waals surface area contributed by atoms with Crippen molar-refractivity contribution in [2.24, 2.45) is 0 Å². The van der Waals surface area contributed by atoms with E-state index in [1.54, 1.807) is 36.4 Å². The second kappa shape index (κ2) is 15.3. The minimum Gasteiger partial charge on any atom is -0.391 e. The molecule has 0 fully saturated rings. The van der Waals surface area contributed by atoms with E-state index >= 15 is 0 Å². The second-order valence-corrected chi connectivity index (χ2v) is 8.36. The van der Waals surface area contributed by atoms with Crippen molar-refractivity contribution in [2.75, 3.05) is 18.4 Å². The van der Waals surface area contributed by atoms with Crippen molar-refractivity contribution >= 4 is 23.4 Å². The lowest BCUT2D eigenvalue weighted by Gasteiger charge is -2.19. The topological polar surface area (TPSA) is 140 Å². The van der Waals surface area contributed by atoms with E-state index in [-0.39, 0.29) is 18.0 Å². The second-order valence-electron chi connectivity index (χ2n) is 8.36. The first-order chi connectivity index (χ1) is 17.3. The summed E-state index contributed by atoms with van der Waals surface area (Å²) in [7, 11) is 0. The molecule has 0 spiro atoms. The van der Waals surface area contributed by atoms with Gasteiger partial charge in [0.25, 0.3) is 11.8 Å². The van der Waals surface area contributed by atoms with Crippen LogP contribution in [0.15, 0.2) is 48.5 Å². The maximum absolute atomic E-state index is 12.3. The Morgan fingerprint density at radius 3 is 2.08 bits per heavy atom. The number of aliphatic hydroxyl groups is 1. The van der Waals surface area contributed by atoms with E-state index in [0.717, 1.165) is 18.5 Å². The highest BCUT2D eigenvalue weighted by Gasteiger charge is 2.25. The number of aliphatic hydroxyl groups excluding tert-OH is 1. The average molecular weight is 495 g/mol. The summed E-state index contributed by atoms with van der Waals surface area (Å²) in [6.07, 6.45) is 3.44. The van der Waals surface area contributed by atoms with Crippen molar-refractivity contribution in [3.05, 3.63) is 65.2 Å². The number of amides is 3. The number of carbonyl (C=O) groups excluding carboxylic acids is 3. The van der Waals surface area contributed by atoms with Crippen LogP contribution in [0.3, 0.4) is 0 Å². The number of nitrogens with one attached hydrogen (secondary N) is 4. The summed E-state index contributed by atoms with van der Waals surface area (Å²) in [6.45, 7) is 4.60. The number of hydrogen-bond donors (Lipinski definition) is 6. The maximum Gasteiger partial charge on any atom is 0.268 e. The van der Waals surface area contributed by atoms with Crippen molar-refractivity contribution in [1.82, 2.24) is 16.1 Å². The molecule has 192 valence electrons. The van der Waals surface area contributed by atoms with Crippen LogP contribution in [0.4, 0.5) is 5.69 Å². The highest BCUT2D eigenvalue weighted by atomic mass is 16.5. The van der Waals surface area contributed by atoms with E-state index in [2.05, 4.69) is 34.7 Å². The zero-order chi connectivity index (χ0) is 26.3. The Morgan fingerprint density at radius 2 is 1.53 bits per heavy atom. The largest absolute Gasteiger partial charge is 0.391 e. The molecule has 0 heterocycles. The molecular weight excluding hydrogens is 460 g/mol. The molecule has 2 atom stereocenters. The molecule has 9 heteroatoms. The van der Waals surface area contributed by atoms with Crippen LogP contribution in [-0.4, -0.2) is 53.3 Å². The molecule has 0 saturated carbocycles. The van der Waals surface area contributed by atoms with Crippen molar-refractivity contribution in [2.45, 2.75) is 51.7 Å². The number of unbranched alkanes of at least 4 members (excludes halogenated alkanes) is 3. The Labute approximate surface area is 211 Å². The lowest BCUT2D eigenvalue weighted by atomic mass is 10.1. The molecule has 9 nitrogen and oxygen atoms in total. The molecule has 0 bridgehead atoms. The van der Waals surface area contributed by atoms with Crippen LogP contribution in [0.25, 0.3) is 0 Å². The first-order valence-corrected chi connectivity index (χ1v) is 12.0. The summed E-state index contributed by atoms with van der Waals surface area (Å²) < 4.78 is 0. The number of carbonyl (C=O) groups is 3. The van der Waals surface area contributed by atoms with E-state index in [1.165, 1.54) is 31.7 Å². The molecule has 2 unspecified atom stereocenters. The summed E-state index contributed by atoms with van der Waals surface area (Å²) in [6, 6.07) is 12.3. The number of anilines is 1. The summed E-state index contributed by atoms with van der Waals surface area (Å²) >= 11 is 0. The third-order valence-electron chi connectivity index (χ3n) is 5.32. The van der Waals surface area contributed by atoms with E-state index in [1.807, 2.05) is 12.1 Å². The summed E-state index contributed by atoms with van der Waals surface area (Å²) in [5, 5.41) is 26.7. The Hall–Kier alpha value is -3.71. The molecule has 2 aromatic carbocycles. The monoisotopic (exact) mass is 494 g/mol. The average Bonchev–Trinajstić information content (AvgIpc) is 2.88. The third-order valence-corrected chi connectivity index (χ3v) is 5.32. The van der Waals surface area contributed by atoms with Gasteiger partial charge in [0.05, 0.1) is 12.6 Å². The minimum atomic E-state index is -1.29. The molecule has 0 aliphatic rings. The van der Waals surface area contributed by atoms with E-state index in [4.69, 9.17) is 5.21 Å². The van der Waals surface area contributed by atoms with Gasteiger partial charge in [0.1, 0.15) is 6.04 Å². The third kappa shape index (κ3) is 9.88. The Morgan fingerprint density at radius 1 is 0.917 bits per heavy atom. The fourth-order valence-corrected chi connectivity index (χ4v) is 3.27. The highest BCUT2D eigenvalue weighted by molar-refractivity contribution is 5.97. The normalized spacial score (nSPS) is 12.0. The van der Waals surface area contributed by atoms with Gasteiger partial charge >= 0.3 is 0 Å². The molecule has 0 aliphatic carbocycles. The molecule has 0 aromatic heterocycles. The van der Waals surface area contributed by atoms with Gasteiger partial charge < -0.3 is 21.1 Å². The van der Waals surface area contributed by atoms with Crippen molar-refractivity contribution < 1.29 is 24.7 Å². The minimum absolute atomic E-state index is 0.0924. The lowest BCUT2D eigenvalue weighted by molar-refractivity contribution is -0.133. The van der Waals surface area contributed by atoms with Crippen LogP contribution in [0.2, 0.25) is 0 Å². The molecule has 2 rings (SSSR count). The van der Waals surface area contributed by atoms with Gasteiger partial charge in [0.15, 0.2) is 0 Å². The number of benzene rings is 2. The predicted octanol–water partition coefficient (Wildman–Crippen LogP) is 2.18. The molecular formula is C27H34N4O5. The lowest BCUT2D eigenvalue weighted by Crippen LogP contribution is -2.51. The Kier molecular flexibility index (Phi) is 12.1. The summed E-state index contributed by atoms with van der Waals surface area (Å²) in [4.78, 5) is 35.9. The fourth-order valence-electron chi connectivity index (χ4n) is 3.27. The van der Waals surface area contributed by atoms with Crippen molar-refractivity contribution in [3.63, 3.8) is 0 Å². The number of rotatable bonds is 12. The van der Waals surface area contributed by atoms with Gasteiger partial charge in [0, 0.05) is 22.4 Å². The number of hydrogen-bond acceptors (Lipinski definition) is 6. The summed E-state index contributed by atoms with van der Waals surface area (Å²) in [5.41, 5.74) is 3.82. The van der Waals surface area contributed by atoms with Gasteiger partial charge in [-0.2, -0.15) is 0 Å². The summed E-state index contributed by atoms with van der Waals surface area (Å²) in [5.74, 6) is 4.45. The van der Waals surface area contributed by atoms with Crippen molar-refractivity contribution in [3.8, 4) is 11.8 Å². The van der Waals surface area contributed by atoms with Crippen molar-refractivity contribution in [1.29, 1.82) is 0 Å². The van der Waals surface area contributed by atoms with Gasteiger partial charge in [-0.25, -0.2) is 5.48 Å². The molecule has 0 aliphatic heterocycles. The van der Waals surface area contributed by atoms with Gasteiger partial charge in [-0.05, 0) is 68.4 Å². The zero-order valence-electron chi connectivity index (χ0n) is 20.6. The van der Waals surface area contributed by atoms with E-state index in [0.29, 0.717) is 11.3 Å². The Bertz CT molecular complexity index is 1060. The predicted molar refractivity (Wildman–Crippen MR) is 137 cm³/mol. The smallest absolute Gasteiger partial charge is 0.268 e. The molecule has 2 aromatic rings. The first-order valence-electron chi connectivity index (χ1n) is 12.0. The number of hydroxylamine groups is 1. The van der Waals surface area contributed by atoms with Crippen LogP contribution in [0, 0.1) is 11.8 Å². The molecule has 6 N–H and O–H groups in total. The Balaban J connectivity index is 1.87. The fraction of sp³-hybridized carbons (Fsp3) is 0.370. The van der Waals surface area contributed by atoms with E-state index < -0.39 is 24.0 Å². The van der Waals surface area contributed by atoms with Crippen LogP contribution in [0.1, 0.15) is 61.0 Å². The van der Waals surface area contributed by atoms with Gasteiger partial charge in [-0.15, -0.1) is 0 Å². The standard InChI is InChI=1S/C27H34N4O5/c1-3-4-5-6-17-28-18-24(33)29-23-15-11-21(12-16-23)8-7-20-9-13-22(14-10-20)26(34)30-25(19(2)32)27(35)31-36/h9-16,19,25,28,32,36H,3-6,17-18H2,1-2H3,(H,29,33)(H,30,34)(H,31,35).